The van der Waals surface area contributed by atoms with Crippen molar-refractivity contribution in [3.05, 3.63) is 39.7 Å². The highest BCUT2D eigenvalue weighted by atomic mass is 16.7. The van der Waals surface area contributed by atoms with Crippen LogP contribution in [-0.4, -0.2) is 59.5 Å². The number of fused-ring (bicyclic) bond motifs is 3. The highest BCUT2D eigenvalue weighted by Crippen LogP contribution is 2.39. The molecule has 1 aromatic heterocycles. The molecule has 4 rings (SSSR count). The SMILES string of the molecule is CN1CCN(c2ccc3c(c2)CCCc2c-3[nH]c(=O)c(OC(=O)O)c2O)CC1. The maximum absolute atomic E-state index is 12.3. The molecule has 1 fully saturated rings. The number of hydrogen-bond donors (Lipinski definition) is 3. The predicted octanol–water partition coefficient (Wildman–Crippen LogP) is 2.04. The predicted molar refractivity (Wildman–Crippen MR) is 105 cm³/mol. The molecule has 0 unspecified atom stereocenters. The van der Waals surface area contributed by atoms with Gasteiger partial charge in [0.05, 0.1) is 5.69 Å². The number of likely N-dealkylation sites (N-methyl/N-ethyl adjacent to an activating group) is 1. The molecule has 8 heteroatoms. The van der Waals surface area contributed by atoms with Crippen molar-refractivity contribution in [3.8, 4) is 22.8 Å². The molecular weight excluding hydrogens is 362 g/mol. The van der Waals surface area contributed by atoms with Crippen LogP contribution in [0.15, 0.2) is 23.0 Å². The number of pyridine rings is 1. The Morgan fingerprint density at radius 2 is 1.93 bits per heavy atom. The number of carboxylic acid groups (broad SMARTS) is 1. The summed E-state index contributed by atoms with van der Waals surface area (Å²) in [5.74, 6) is -0.957. The van der Waals surface area contributed by atoms with Gasteiger partial charge in [0, 0.05) is 43.0 Å². The summed E-state index contributed by atoms with van der Waals surface area (Å²) in [5.41, 5.74) is 3.43. The first-order chi connectivity index (χ1) is 13.4. The largest absolute Gasteiger partial charge is 0.511 e. The number of aromatic hydroxyl groups is 1. The van der Waals surface area contributed by atoms with Crippen LogP contribution in [0.4, 0.5) is 10.5 Å². The van der Waals surface area contributed by atoms with Crippen molar-refractivity contribution in [3.63, 3.8) is 0 Å². The number of carbonyl (C=O) groups is 1. The first-order valence-corrected chi connectivity index (χ1v) is 9.39. The number of rotatable bonds is 2. The molecule has 148 valence electrons. The minimum absolute atomic E-state index is 0.392. The number of nitrogens with one attached hydrogen (secondary N) is 1. The summed E-state index contributed by atoms with van der Waals surface area (Å²) < 4.78 is 4.49. The van der Waals surface area contributed by atoms with Crippen LogP contribution in [0.1, 0.15) is 17.5 Å². The normalized spacial score (nSPS) is 16.8. The van der Waals surface area contributed by atoms with Gasteiger partial charge in [0.15, 0.2) is 5.75 Å². The number of aromatic amines is 1. The molecule has 1 saturated heterocycles. The zero-order valence-electron chi connectivity index (χ0n) is 15.7. The number of aryl methyl sites for hydroxylation is 1. The fourth-order valence-corrected chi connectivity index (χ4v) is 4.01. The molecule has 2 heterocycles. The van der Waals surface area contributed by atoms with E-state index in [2.05, 4.69) is 32.6 Å². The summed E-state index contributed by atoms with van der Waals surface area (Å²) in [7, 11) is 2.12. The van der Waals surface area contributed by atoms with Crippen molar-refractivity contribution in [2.24, 2.45) is 0 Å². The van der Waals surface area contributed by atoms with E-state index in [1.807, 2.05) is 12.1 Å². The first kappa shape index (κ1) is 18.4. The molecule has 1 aliphatic heterocycles. The number of hydrogen-bond acceptors (Lipinski definition) is 6. The highest BCUT2D eigenvalue weighted by molar-refractivity contribution is 5.75. The summed E-state index contributed by atoms with van der Waals surface area (Å²) in [6.07, 6.45) is 0.471. The molecule has 0 atom stereocenters. The second-order valence-corrected chi connectivity index (χ2v) is 7.34. The number of anilines is 1. The molecule has 0 saturated carbocycles. The average Bonchev–Trinajstić information content (AvgIpc) is 2.84. The summed E-state index contributed by atoms with van der Waals surface area (Å²) >= 11 is 0. The van der Waals surface area contributed by atoms with Crippen molar-refractivity contribution >= 4 is 11.8 Å². The fourth-order valence-electron chi connectivity index (χ4n) is 4.01. The first-order valence-electron chi connectivity index (χ1n) is 9.39. The van der Waals surface area contributed by atoms with E-state index < -0.39 is 23.2 Å². The molecule has 3 N–H and O–H groups in total. The van der Waals surface area contributed by atoms with Crippen LogP contribution in [0.3, 0.4) is 0 Å². The van der Waals surface area contributed by atoms with Gasteiger partial charge in [-0.25, -0.2) is 4.79 Å². The van der Waals surface area contributed by atoms with Gasteiger partial charge < -0.3 is 29.7 Å². The smallest absolute Gasteiger partial charge is 0.504 e. The molecule has 2 aliphatic rings. The third-order valence-corrected chi connectivity index (χ3v) is 5.54. The molecule has 8 nitrogen and oxygen atoms in total. The van der Waals surface area contributed by atoms with E-state index in [4.69, 9.17) is 5.11 Å². The highest BCUT2D eigenvalue weighted by Gasteiger charge is 2.25. The Balaban J connectivity index is 1.75. The van der Waals surface area contributed by atoms with E-state index in [-0.39, 0.29) is 0 Å². The summed E-state index contributed by atoms with van der Waals surface area (Å²) in [6, 6.07) is 6.17. The molecular formula is C20H23N3O5. The number of piperazine rings is 1. The Labute approximate surface area is 162 Å². The Morgan fingerprint density at radius 3 is 2.64 bits per heavy atom. The molecule has 2 aromatic rings. The van der Waals surface area contributed by atoms with Crippen molar-refractivity contribution in [2.45, 2.75) is 19.3 Å². The Hall–Kier alpha value is -3.00. The topological polar surface area (TPSA) is 106 Å². The van der Waals surface area contributed by atoms with Crippen molar-refractivity contribution < 1.29 is 19.7 Å². The molecule has 0 spiro atoms. The number of H-pyrrole nitrogens is 1. The number of benzene rings is 1. The number of nitrogens with zero attached hydrogens (tertiary/aromatic N) is 2. The maximum Gasteiger partial charge on any atom is 0.511 e. The van der Waals surface area contributed by atoms with Crippen molar-refractivity contribution in [1.82, 2.24) is 9.88 Å². The molecule has 1 aromatic carbocycles. The molecule has 0 bridgehead atoms. The van der Waals surface area contributed by atoms with Gasteiger partial charge in [0.2, 0.25) is 5.75 Å². The Morgan fingerprint density at radius 1 is 1.18 bits per heavy atom. The van der Waals surface area contributed by atoms with Crippen molar-refractivity contribution in [1.29, 1.82) is 0 Å². The summed E-state index contributed by atoms with van der Waals surface area (Å²) in [4.78, 5) is 30.5. The Kier molecular flexibility index (Phi) is 4.72. The van der Waals surface area contributed by atoms with Gasteiger partial charge >= 0.3 is 6.16 Å². The number of ether oxygens (including phenoxy) is 1. The average molecular weight is 385 g/mol. The van der Waals surface area contributed by atoms with Crippen LogP contribution in [0.2, 0.25) is 0 Å². The van der Waals surface area contributed by atoms with Gasteiger partial charge in [-0.1, -0.05) is 6.07 Å². The van der Waals surface area contributed by atoms with Gasteiger partial charge in [-0.2, -0.15) is 0 Å². The Bertz CT molecular complexity index is 977. The van der Waals surface area contributed by atoms with Crippen LogP contribution in [0.25, 0.3) is 11.3 Å². The second-order valence-electron chi connectivity index (χ2n) is 7.34. The fraction of sp³-hybridized carbons (Fsp3) is 0.400. The lowest BCUT2D eigenvalue weighted by atomic mass is 9.99. The van der Waals surface area contributed by atoms with Crippen LogP contribution in [-0.2, 0) is 12.8 Å². The molecule has 28 heavy (non-hydrogen) atoms. The van der Waals surface area contributed by atoms with E-state index in [0.29, 0.717) is 17.7 Å². The summed E-state index contributed by atoms with van der Waals surface area (Å²) in [5, 5.41) is 19.3. The molecule has 1 aliphatic carbocycles. The van der Waals surface area contributed by atoms with Crippen LogP contribution in [0, 0.1) is 0 Å². The number of aromatic nitrogens is 1. The van der Waals surface area contributed by atoms with Gasteiger partial charge in [0.1, 0.15) is 0 Å². The molecule has 0 radical (unpaired) electrons. The van der Waals surface area contributed by atoms with E-state index >= 15 is 0 Å². The van der Waals surface area contributed by atoms with Gasteiger partial charge in [-0.15, -0.1) is 0 Å². The van der Waals surface area contributed by atoms with E-state index in [0.717, 1.165) is 55.8 Å². The lowest BCUT2D eigenvalue weighted by molar-refractivity contribution is 0.142. The second kappa shape index (κ2) is 7.20. The minimum atomic E-state index is -1.63. The van der Waals surface area contributed by atoms with Crippen LogP contribution >= 0.6 is 0 Å². The lowest BCUT2D eigenvalue weighted by Crippen LogP contribution is -2.44. The van der Waals surface area contributed by atoms with E-state index in [1.54, 1.807) is 0 Å². The van der Waals surface area contributed by atoms with Crippen LogP contribution < -0.4 is 15.2 Å². The van der Waals surface area contributed by atoms with E-state index in [1.165, 1.54) is 0 Å². The van der Waals surface area contributed by atoms with E-state index in [9.17, 15) is 14.7 Å². The zero-order chi connectivity index (χ0) is 19.8. The third-order valence-electron chi connectivity index (χ3n) is 5.54. The zero-order valence-corrected chi connectivity index (χ0v) is 15.7. The lowest BCUT2D eigenvalue weighted by Gasteiger charge is -2.34. The standard InChI is InChI=1S/C20H23N3O5/c1-22-7-9-23(10-8-22)13-5-6-14-12(11-13)3-2-4-15-16(14)21-19(25)18(17(15)24)28-20(26)27/h5-6,11H,2-4,7-10H2,1H3,(H,26,27)(H2,21,24,25). The third kappa shape index (κ3) is 3.31. The van der Waals surface area contributed by atoms with Gasteiger partial charge in [0.25, 0.3) is 5.56 Å². The van der Waals surface area contributed by atoms with Gasteiger partial charge in [-0.3, -0.25) is 4.79 Å². The molecule has 0 amide bonds. The van der Waals surface area contributed by atoms with Gasteiger partial charge in [-0.05, 0) is 44.0 Å². The minimum Gasteiger partial charge on any atom is -0.504 e. The van der Waals surface area contributed by atoms with Crippen LogP contribution in [0.5, 0.6) is 11.5 Å². The summed E-state index contributed by atoms with van der Waals surface area (Å²) in [6.45, 7) is 3.99. The maximum atomic E-state index is 12.3. The monoisotopic (exact) mass is 385 g/mol. The quantitative estimate of drug-likeness (QED) is 0.679. The van der Waals surface area contributed by atoms with Crippen molar-refractivity contribution in [2.75, 3.05) is 38.1 Å².